The van der Waals surface area contributed by atoms with Crippen molar-refractivity contribution in [1.82, 2.24) is 0 Å². The molecule has 0 heterocycles. The van der Waals surface area contributed by atoms with Gasteiger partial charge in [0.05, 0.1) is 5.41 Å². The van der Waals surface area contributed by atoms with Crippen LogP contribution in [0.15, 0.2) is 224 Å². The van der Waals surface area contributed by atoms with Gasteiger partial charge in [-0.3, -0.25) is 0 Å². The van der Waals surface area contributed by atoms with E-state index in [1.54, 1.807) is 0 Å². The third-order valence-corrected chi connectivity index (χ3v) is 15.2. The lowest BCUT2D eigenvalue weighted by Gasteiger charge is -2.46. The van der Waals surface area contributed by atoms with E-state index in [1.807, 2.05) is 0 Å². The number of hydrogen-bond donors (Lipinski definition) is 0. The molecule has 1 spiro atoms. The van der Waals surface area contributed by atoms with Crippen LogP contribution >= 0.6 is 0 Å². The molecule has 0 N–H and O–H groups in total. The van der Waals surface area contributed by atoms with E-state index in [2.05, 4.69) is 243 Å². The summed E-state index contributed by atoms with van der Waals surface area (Å²) < 4.78 is 0. The van der Waals surface area contributed by atoms with E-state index in [-0.39, 0.29) is 5.41 Å². The maximum atomic E-state index is 2.55. The van der Waals surface area contributed by atoms with Gasteiger partial charge in [-0.25, -0.2) is 0 Å². The third kappa shape index (κ3) is 4.88. The van der Waals surface area contributed by atoms with Crippen LogP contribution < -0.4 is 4.90 Å². The predicted molar refractivity (Wildman–Crippen MR) is 273 cm³/mol. The number of hydrogen-bond acceptors (Lipinski definition) is 1. The summed E-state index contributed by atoms with van der Waals surface area (Å²) in [4.78, 5) is 2.51. The SMILES string of the molecule is CC1(C)c2ccccc2-c2ccc(N(c3ccc4c(c3)C3(c5ccccc5-c5ccc(-c6ccccc6)c6cccc3c56)c3cccc5cccc-4c35)c3ccc4ccccc4c3)cc21. The second-order valence-corrected chi connectivity index (χ2v) is 18.8. The Labute approximate surface area is 379 Å². The Morgan fingerprint density at radius 2 is 0.785 bits per heavy atom. The van der Waals surface area contributed by atoms with Crippen LogP contribution in [0.4, 0.5) is 17.1 Å². The van der Waals surface area contributed by atoms with Crippen LogP contribution in [0.1, 0.15) is 47.2 Å². The molecule has 1 nitrogen and oxygen atoms in total. The highest BCUT2D eigenvalue weighted by Gasteiger charge is 2.49. The van der Waals surface area contributed by atoms with Crippen LogP contribution in [-0.2, 0) is 10.8 Å². The Morgan fingerprint density at radius 3 is 1.58 bits per heavy atom. The summed E-state index contributed by atoms with van der Waals surface area (Å²) in [7, 11) is 0. The molecule has 11 aromatic carbocycles. The van der Waals surface area contributed by atoms with Crippen LogP contribution in [0.3, 0.4) is 0 Å². The highest BCUT2D eigenvalue weighted by molar-refractivity contribution is 6.14. The van der Waals surface area contributed by atoms with Crippen molar-refractivity contribution in [3.05, 3.63) is 258 Å². The molecule has 1 heteroatoms. The van der Waals surface area contributed by atoms with Crippen LogP contribution in [0.5, 0.6) is 0 Å². The second-order valence-electron chi connectivity index (χ2n) is 18.8. The topological polar surface area (TPSA) is 3.24 Å². The fraction of sp³-hybridized carbons (Fsp3) is 0.0625. The van der Waals surface area contributed by atoms with Crippen LogP contribution in [0, 0.1) is 0 Å². The smallest absolute Gasteiger partial charge is 0.0726 e. The monoisotopic (exact) mass is 825 g/mol. The summed E-state index contributed by atoms with van der Waals surface area (Å²) in [6, 6.07) is 85.0. The lowest BCUT2D eigenvalue weighted by molar-refractivity contribution is 0.660. The number of rotatable bonds is 4. The molecule has 11 aromatic rings. The summed E-state index contributed by atoms with van der Waals surface area (Å²) in [5, 5.41) is 7.66. The van der Waals surface area contributed by atoms with Crippen molar-refractivity contribution in [2.75, 3.05) is 4.90 Å². The van der Waals surface area contributed by atoms with Gasteiger partial charge in [0.1, 0.15) is 0 Å². The Morgan fingerprint density at radius 1 is 0.292 bits per heavy atom. The Kier molecular flexibility index (Phi) is 7.45. The van der Waals surface area contributed by atoms with Crippen LogP contribution in [0.2, 0.25) is 0 Å². The van der Waals surface area contributed by atoms with Crippen molar-refractivity contribution in [2.24, 2.45) is 0 Å². The average molecular weight is 826 g/mol. The van der Waals surface area contributed by atoms with Crippen molar-refractivity contribution >= 4 is 49.4 Å². The molecule has 0 amide bonds. The molecule has 304 valence electrons. The first-order valence-electron chi connectivity index (χ1n) is 22.9. The zero-order valence-electron chi connectivity index (χ0n) is 36.3. The van der Waals surface area contributed by atoms with E-state index in [0.29, 0.717) is 0 Å². The van der Waals surface area contributed by atoms with E-state index in [1.165, 1.54) is 110 Å². The largest absolute Gasteiger partial charge is 0.310 e. The molecule has 3 aliphatic carbocycles. The molecule has 1 unspecified atom stereocenters. The molecule has 0 saturated heterocycles. The standard InChI is InChI=1S/C64H43N/c1-63(2)55-25-10-8-21-48(55)50-33-31-45(38-59(50)63)65(44-30-29-40-15-6-7-18-43(40)37-44)46-32-34-51-53-23-12-19-42-20-13-27-57(61(42)53)64(60(51)39-46)56-26-11-9-22-49(56)54-36-35-47(41-16-4-3-5-17-41)52-24-14-28-58(64)62(52)54/h3-39H,1-2H3. The van der Waals surface area contributed by atoms with E-state index >= 15 is 0 Å². The van der Waals surface area contributed by atoms with Gasteiger partial charge in [0.2, 0.25) is 0 Å². The van der Waals surface area contributed by atoms with Crippen molar-refractivity contribution in [3.63, 3.8) is 0 Å². The van der Waals surface area contributed by atoms with E-state index in [4.69, 9.17) is 0 Å². The lowest BCUT2D eigenvalue weighted by atomic mass is 9.55. The van der Waals surface area contributed by atoms with Crippen molar-refractivity contribution < 1.29 is 0 Å². The number of benzene rings is 11. The quantitative estimate of drug-likeness (QED) is 0.171. The Balaban J connectivity index is 1.10. The summed E-state index contributed by atoms with van der Waals surface area (Å²) in [5.41, 5.74) is 20.9. The maximum absolute atomic E-state index is 2.55. The van der Waals surface area contributed by atoms with E-state index in [9.17, 15) is 0 Å². The average Bonchev–Trinajstić information content (AvgIpc) is 3.59. The third-order valence-electron chi connectivity index (χ3n) is 15.2. The summed E-state index contributed by atoms with van der Waals surface area (Å²) in [6.07, 6.45) is 0. The van der Waals surface area contributed by atoms with Gasteiger partial charge in [-0.2, -0.15) is 0 Å². The number of nitrogens with zero attached hydrogens (tertiary/aromatic N) is 1. The Bertz CT molecular complexity index is 3810. The van der Waals surface area contributed by atoms with Crippen molar-refractivity contribution in [2.45, 2.75) is 24.7 Å². The van der Waals surface area contributed by atoms with Gasteiger partial charge in [0, 0.05) is 22.5 Å². The summed E-state index contributed by atoms with van der Waals surface area (Å²) in [6.45, 7) is 4.76. The van der Waals surface area contributed by atoms with Crippen LogP contribution in [-0.4, -0.2) is 0 Å². The number of anilines is 3. The summed E-state index contributed by atoms with van der Waals surface area (Å²) >= 11 is 0. The molecule has 3 aliphatic rings. The summed E-state index contributed by atoms with van der Waals surface area (Å²) in [5.74, 6) is 0. The van der Waals surface area contributed by atoms with Gasteiger partial charge in [0.25, 0.3) is 0 Å². The van der Waals surface area contributed by atoms with Gasteiger partial charge in [-0.1, -0.05) is 202 Å². The van der Waals surface area contributed by atoms with E-state index < -0.39 is 5.41 Å². The molecular weight excluding hydrogens is 783 g/mol. The van der Waals surface area contributed by atoms with E-state index in [0.717, 1.165) is 17.1 Å². The maximum Gasteiger partial charge on any atom is 0.0726 e. The minimum atomic E-state index is -0.631. The molecular formula is C64H43N. The molecule has 14 rings (SSSR count). The highest BCUT2D eigenvalue weighted by Crippen LogP contribution is 2.62. The molecule has 0 bridgehead atoms. The fourth-order valence-electron chi connectivity index (χ4n) is 12.4. The second kappa shape index (κ2) is 13.3. The Hall–Kier alpha value is -8.00. The minimum Gasteiger partial charge on any atom is -0.310 e. The van der Waals surface area contributed by atoms with Crippen molar-refractivity contribution in [3.8, 4) is 44.5 Å². The molecule has 0 saturated carbocycles. The normalized spacial score (nSPS) is 15.7. The first-order valence-corrected chi connectivity index (χ1v) is 22.9. The first kappa shape index (κ1) is 36.5. The molecule has 65 heavy (non-hydrogen) atoms. The molecule has 0 aliphatic heterocycles. The van der Waals surface area contributed by atoms with Crippen LogP contribution in [0.25, 0.3) is 76.8 Å². The van der Waals surface area contributed by atoms with Gasteiger partial charge in [-0.05, 0) is 147 Å². The van der Waals surface area contributed by atoms with Crippen molar-refractivity contribution in [1.29, 1.82) is 0 Å². The molecule has 0 fully saturated rings. The fourth-order valence-corrected chi connectivity index (χ4v) is 12.4. The van der Waals surface area contributed by atoms with Gasteiger partial charge in [-0.15, -0.1) is 0 Å². The molecule has 0 aromatic heterocycles. The van der Waals surface area contributed by atoms with Gasteiger partial charge in [0.15, 0.2) is 0 Å². The number of fused-ring (bicyclic) bond motifs is 12. The highest BCUT2D eigenvalue weighted by atomic mass is 15.1. The van der Waals surface area contributed by atoms with Gasteiger partial charge >= 0.3 is 0 Å². The molecule has 0 radical (unpaired) electrons. The first-order chi connectivity index (χ1) is 32.0. The van der Waals surface area contributed by atoms with Gasteiger partial charge < -0.3 is 4.90 Å². The zero-order valence-corrected chi connectivity index (χ0v) is 36.3. The predicted octanol–water partition coefficient (Wildman–Crippen LogP) is 16.9. The minimum absolute atomic E-state index is 0.143. The molecule has 1 atom stereocenters. The zero-order chi connectivity index (χ0) is 43.0. The lowest BCUT2D eigenvalue weighted by Crippen LogP contribution is -2.36.